The number of hydrogen-bond acceptors (Lipinski definition) is 2. The normalized spacial score (nSPS) is 11.6. The molecule has 0 spiro atoms. The molecular formula is C50H33N5. The van der Waals surface area contributed by atoms with Gasteiger partial charge in [-0.15, -0.1) is 0 Å². The smallest absolute Gasteiger partial charge is 0.162 e. The Hall–Kier alpha value is -7.50. The van der Waals surface area contributed by atoms with Gasteiger partial charge in [-0.05, 0) is 83.9 Å². The number of hydrogen-bond donors (Lipinski definition) is 0. The van der Waals surface area contributed by atoms with E-state index in [9.17, 15) is 0 Å². The third-order valence-electron chi connectivity index (χ3n) is 10.8. The van der Waals surface area contributed by atoms with E-state index in [1.807, 2.05) is 6.07 Å². The average Bonchev–Trinajstić information content (AvgIpc) is 3.99. The van der Waals surface area contributed by atoms with Gasteiger partial charge in [-0.1, -0.05) is 115 Å². The molecule has 0 radical (unpaired) electrons. The van der Waals surface area contributed by atoms with E-state index < -0.39 is 0 Å². The van der Waals surface area contributed by atoms with Crippen molar-refractivity contribution in [2.75, 3.05) is 0 Å². The summed E-state index contributed by atoms with van der Waals surface area (Å²) in [6.45, 7) is 0. The summed E-state index contributed by atoms with van der Waals surface area (Å²) in [4.78, 5) is 10.6. The number of para-hydroxylation sites is 3. The van der Waals surface area contributed by atoms with Crippen LogP contribution >= 0.6 is 0 Å². The Balaban J connectivity index is 1.10. The molecule has 0 saturated carbocycles. The van der Waals surface area contributed by atoms with Gasteiger partial charge < -0.3 is 13.7 Å². The highest BCUT2D eigenvalue weighted by Crippen LogP contribution is 2.39. The van der Waals surface area contributed by atoms with Crippen molar-refractivity contribution in [2.45, 2.75) is 0 Å². The number of nitrogens with zero attached hydrogens (tertiary/aromatic N) is 5. The third-order valence-corrected chi connectivity index (χ3v) is 10.8. The Kier molecular flexibility index (Phi) is 7.10. The number of aromatic nitrogens is 5. The second-order valence-corrected chi connectivity index (χ2v) is 13.9. The molecule has 55 heavy (non-hydrogen) atoms. The summed E-state index contributed by atoms with van der Waals surface area (Å²) >= 11 is 0. The van der Waals surface area contributed by atoms with Crippen molar-refractivity contribution < 1.29 is 0 Å². The topological polar surface area (TPSA) is 40.6 Å². The fourth-order valence-electron chi connectivity index (χ4n) is 8.22. The van der Waals surface area contributed by atoms with E-state index in [2.05, 4.69) is 208 Å². The lowest BCUT2D eigenvalue weighted by Gasteiger charge is -2.14. The molecule has 7 aromatic carbocycles. The Labute approximate surface area is 317 Å². The highest BCUT2D eigenvalue weighted by atomic mass is 15.1. The van der Waals surface area contributed by atoms with Gasteiger partial charge in [0.05, 0.1) is 22.2 Å². The third kappa shape index (κ3) is 5.02. The van der Waals surface area contributed by atoms with Gasteiger partial charge in [-0.25, -0.2) is 9.97 Å². The maximum absolute atomic E-state index is 5.37. The molecule has 5 nitrogen and oxygen atoms in total. The Morgan fingerprint density at radius 2 is 0.964 bits per heavy atom. The standard InChI is InChI=1S/C50H33N5/c1-4-14-34(15-5-1)39-20-10-11-22-41(39)47-44-31-33-54(37-18-8-3-9-19-37)50(44)52-49(51-47)35-24-26-38(27-25-35)55-46-23-13-12-21-40(46)42-28-29-45-43(48(42)55)30-32-53(45)36-16-6-2-7-17-36/h1-33H. The molecule has 4 heterocycles. The lowest BCUT2D eigenvalue weighted by molar-refractivity contribution is 1.08. The molecule has 0 aliphatic heterocycles. The van der Waals surface area contributed by atoms with Crippen LogP contribution in [-0.4, -0.2) is 23.7 Å². The number of fused-ring (bicyclic) bond motifs is 6. The summed E-state index contributed by atoms with van der Waals surface area (Å²) in [6.07, 6.45) is 4.28. The van der Waals surface area contributed by atoms with E-state index in [4.69, 9.17) is 9.97 Å². The van der Waals surface area contributed by atoms with Gasteiger partial charge in [0.1, 0.15) is 5.65 Å². The van der Waals surface area contributed by atoms with Crippen molar-refractivity contribution in [1.82, 2.24) is 23.7 Å². The molecule has 0 unspecified atom stereocenters. The summed E-state index contributed by atoms with van der Waals surface area (Å²) in [5.41, 5.74) is 12.9. The summed E-state index contributed by atoms with van der Waals surface area (Å²) < 4.78 is 6.83. The molecule has 0 saturated heterocycles. The van der Waals surface area contributed by atoms with Crippen LogP contribution in [0.2, 0.25) is 0 Å². The van der Waals surface area contributed by atoms with Gasteiger partial charge in [0.15, 0.2) is 5.82 Å². The highest BCUT2D eigenvalue weighted by molar-refractivity contribution is 6.18. The molecule has 0 bridgehead atoms. The quantitative estimate of drug-likeness (QED) is 0.173. The van der Waals surface area contributed by atoms with E-state index in [0.29, 0.717) is 5.82 Å². The fourth-order valence-corrected chi connectivity index (χ4v) is 8.22. The number of benzene rings is 7. The van der Waals surface area contributed by atoms with E-state index in [1.54, 1.807) is 0 Å². The zero-order valence-corrected chi connectivity index (χ0v) is 29.8. The minimum atomic E-state index is 0.678. The molecule has 0 atom stereocenters. The molecule has 0 N–H and O–H groups in total. The van der Waals surface area contributed by atoms with Crippen LogP contribution in [0.3, 0.4) is 0 Å². The Morgan fingerprint density at radius 1 is 0.345 bits per heavy atom. The van der Waals surface area contributed by atoms with Crippen molar-refractivity contribution in [3.05, 3.63) is 200 Å². The van der Waals surface area contributed by atoms with Gasteiger partial charge in [0.25, 0.3) is 0 Å². The van der Waals surface area contributed by atoms with E-state index in [-0.39, 0.29) is 0 Å². The van der Waals surface area contributed by atoms with Crippen molar-refractivity contribution in [1.29, 1.82) is 0 Å². The predicted molar refractivity (Wildman–Crippen MR) is 226 cm³/mol. The molecule has 11 aromatic rings. The van der Waals surface area contributed by atoms with Crippen LogP contribution in [0.15, 0.2) is 200 Å². The summed E-state index contributed by atoms with van der Waals surface area (Å²) in [5, 5.41) is 4.67. The number of rotatable bonds is 6. The highest BCUT2D eigenvalue weighted by Gasteiger charge is 2.20. The van der Waals surface area contributed by atoms with Crippen LogP contribution in [-0.2, 0) is 0 Å². The van der Waals surface area contributed by atoms with Crippen molar-refractivity contribution >= 4 is 43.7 Å². The average molecular weight is 704 g/mol. The molecular weight excluding hydrogens is 671 g/mol. The molecule has 0 aliphatic rings. The van der Waals surface area contributed by atoms with Crippen LogP contribution in [0.4, 0.5) is 0 Å². The molecule has 0 amide bonds. The summed E-state index contributed by atoms with van der Waals surface area (Å²) in [6, 6.07) is 66.3. The summed E-state index contributed by atoms with van der Waals surface area (Å²) in [5.74, 6) is 0.678. The first-order chi connectivity index (χ1) is 27.3. The van der Waals surface area contributed by atoms with Gasteiger partial charge in [-0.3, -0.25) is 0 Å². The zero-order valence-electron chi connectivity index (χ0n) is 29.8. The lowest BCUT2D eigenvalue weighted by Crippen LogP contribution is -2.00. The Morgan fingerprint density at radius 3 is 1.73 bits per heavy atom. The lowest BCUT2D eigenvalue weighted by atomic mass is 9.96. The fraction of sp³-hybridized carbons (Fsp3) is 0. The summed E-state index contributed by atoms with van der Waals surface area (Å²) in [7, 11) is 0. The molecule has 5 heteroatoms. The minimum absolute atomic E-state index is 0.678. The van der Waals surface area contributed by atoms with E-state index in [1.165, 1.54) is 32.7 Å². The SMILES string of the molecule is c1ccc(-c2ccccc2-c2nc(-c3ccc(-n4c5ccccc5c5ccc6c(ccn6-c6ccccc6)c54)cc3)nc3c2ccn3-c2ccccc2)cc1. The second kappa shape index (κ2) is 12.6. The maximum Gasteiger partial charge on any atom is 0.162 e. The zero-order chi connectivity index (χ0) is 36.3. The second-order valence-electron chi connectivity index (χ2n) is 13.9. The van der Waals surface area contributed by atoms with Crippen molar-refractivity contribution in [3.8, 4) is 50.8 Å². The van der Waals surface area contributed by atoms with E-state index in [0.717, 1.165) is 56.0 Å². The van der Waals surface area contributed by atoms with Gasteiger partial charge in [-0.2, -0.15) is 0 Å². The maximum atomic E-state index is 5.37. The van der Waals surface area contributed by atoms with Crippen LogP contribution in [0.25, 0.3) is 94.6 Å². The molecule has 0 aliphatic carbocycles. The molecule has 4 aromatic heterocycles. The van der Waals surface area contributed by atoms with Crippen LogP contribution < -0.4 is 0 Å². The van der Waals surface area contributed by atoms with Gasteiger partial charge >= 0.3 is 0 Å². The Bertz CT molecular complexity index is 3170. The first-order valence-electron chi connectivity index (χ1n) is 18.6. The molecule has 0 fully saturated rings. The van der Waals surface area contributed by atoms with E-state index >= 15 is 0 Å². The first kappa shape index (κ1) is 31.1. The van der Waals surface area contributed by atoms with Crippen molar-refractivity contribution in [2.24, 2.45) is 0 Å². The van der Waals surface area contributed by atoms with Gasteiger partial charge in [0.2, 0.25) is 0 Å². The van der Waals surface area contributed by atoms with Crippen molar-refractivity contribution in [3.63, 3.8) is 0 Å². The molecule has 258 valence electrons. The minimum Gasteiger partial charge on any atom is -0.316 e. The van der Waals surface area contributed by atoms with Crippen LogP contribution in [0, 0.1) is 0 Å². The predicted octanol–water partition coefficient (Wildman–Crippen LogP) is 12.5. The van der Waals surface area contributed by atoms with Crippen LogP contribution in [0.5, 0.6) is 0 Å². The monoisotopic (exact) mass is 703 g/mol. The van der Waals surface area contributed by atoms with Gasteiger partial charge in [0, 0.05) is 62.1 Å². The molecule has 11 rings (SSSR count). The van der Waals surface area contributed by atoms with Crippen LogP contribution in [0.1, 0.15) is 0 Å². The first-order valence-corrected chi connectivity index (χ1v) is 18.6. The largest absolute Gasteiger partial charge is 0.316 e.